The number of rotatable bonds is 9. The van der Waals surface area contributed by atoms with Crippen molar-refractivity contribution in [2.24, 2.45) is 0 Å². The standard InChI is InChI=1S/C16H25NO3/c1-2-19-15-7-3-4-8-16(15)20-14-13-18-12-11-17-9-5-6-10-17/h3-4,7-8H,2,5-6,9-14H2,1H3. The van der Waals surface area contributed by atoms with Crippen LogP contribution >= 0.6 is 0 Å². The average molecular weight is 279 g/mol. The van der Waals surface area contributed by atoms with E-state index < -0.39 is 0 Å². The van der Waals surface area contributed by atoms with Crippen LogP contribution in [0.2, 0.25) is 0 Å². The summed E-state index contributed by atoms with van der Waals surface area (Å²) >= 11 is 0. The van der Waals surface area contributed by atoms with Gasteiger partial charge >= 0.3 is 0 Å². The van der Waals surface area contributed by atoms with E-state index in [0.29, 0.717) is 19.8 Å². The first kappa shape index (κ1) is 15.1. The van der Waals surface area contributed by atoms with E-state index in [-0.39, 0.29) is 0 Å². The van der Waals surface area contributed by atoms with Gasteiger partial charge in [-0.2, -0.15) is 0 Å². The number of likely N-dealkylation sites (tertiary alicyclic amines) is 1. The molecule has 0 spiro atoms. The SMILES string of the molecule is CCOc1ccccc1OCCOCCN1CCCC1. The molecule has 0 bridgehead atoms. The molecule has 1 aromatic carbocycles. The quantitative estimate of drug-likeness (QED) is 0.650. The summed E-state index contributed by atoms with van der Waals surface area (Å²) in [5.74, 6) is 1.59. The third kappa shape index (κ3) is 5.02. The van der Waals surface area contributed by atoms with Crippen molar-refractivity contribution in [1.82, 2.24) is 4.90 Å². The van der Waals surface area contributed by atoms with Crippen molar-refractivity contribution in [2.75, 3.05) is 46.1 Å². The van der Waals surface area contributed by atoms with Gasteiger partial charge in [0.1, 0.15) is 6.61 Å². The van der Waals surface area contributed by atoms with Gasteiger partial charge in [0, 0.05) is 6.54 Å². The van der Waals surface area contributed by atoms with E-state index >= 15 is 0 Å². The third-order valence-corrected chi connectivity index (χ3v) is 3.38. The number of para-hydroxylation sites is 2. The van der Waals surface area contributed by atoms with Gasteiger partial charge in [0.25, 0.3) is 0 Å². The van der Waals surface area contributed by atoms with Crippen molar-refractivity contribution < 1.29 is 14.2 Å². The first-order chi connectivity index (χ1) is 9.90. The predicted molar refractivity (Wildman–Crippen MR) is 79.6 cm³/mol. The largest absolute Gasteiger partial charge is 0.490 e. The van der Waals surface area contributed by atoms with Crippen LogP contribution in [0.3, 0.4) is 0 Å². The number of hydrogen-bond acceptors (Lipinski definition) is 4. The molecule has 0 atom stereocenters. The van der Waals surface area contributed by atoms with Gasteiger partial charge < -0.3 is 19.1 Å². The summed E-state index contributed by atoms with van der Waals surface area (Å²) < 4.78 is 16.8. The first-order valence-electron chi connectivity index (χ1n) is 7.55. The topological polar surface area (TPSA) is 30.9 Å². The lowest BCUT2D eigenvalue weighted by molar-refractivity contribution is 0.0836. The molecule has 112 valence electrons. The highest BCUT2D eigenvalue weighted by Crippen LogP contribution is 2.26. The van der Waals surface area contributed by atoms with Crippen molar-refractivity contribution in [2.45, 2.75) is 19.8 Å². The van der Waals surface area contributed by atoms with E-state index in [4.69, 9.17) is 14.2 Å². The highest BCUT2D eigenvalue weighted by molar-refractivity contribution is 5.39. The van der Waals surface area contributed by atoms with Gasteiger partial charge in [-0.05, 0) is 45.0 Å². The van der Waals surface area contributed by atoms with Gasteiger partial charge in [-0.3, -0.25) is 0 Å². The molecule has 1 fully saturated rings. The van der Waals surface area contributed by atoms with Crippen LogP contribution in [-0.4, -0.2) is 51.0 Å². The first-order valence-corrected chi connectivity index (χ1v) is 7.55. The number of hydrogen-bond donors (Lipinski definition) is 0. The molecule has 1 aliphatic rings. The van der Waals surface area contributed by atoms with Gasteiger partial charge in [0.15, 0.2) is 11.5 Å². The van der Waals surface area contributed by atoms with Crippen LogP contribution in [0.15, 0.2) is 24.3 Å². The van der Waals surface area contributed by atoms with E-state index in [0.717, 1.165) is 24.7 Å². The van der Waals surface area contributed by atoms with E-state index in [2.05, 4.69) is 4.90 Å². The fourth-order valence-corrected chi connectivity index (χ4v) is 2.36. The minimum atomic E-state index is 0.560. The number of ether oxygens (including phenoxy) is 3. The molecular weight excluding hydrogens is 254 g/mol. The van der Waals surface area contributed by atoms with Gasteiger partial charge in [-0.15, -0.1) is 0 Å². The fourth-order valence-electron chi connectivity index (χ4n) is 2.36. The Morgan fingerprint density at radius 1 is 0.950 bits per heavy atom. The number of nitrogens with zero attached hydrogens (tertiary/aromatic N) is 1. The van der Waals surface area contributed by atoms with E-state index in [1.807, 2.05) is 31.2 Å². The highest BCUT2D eigenvalue weighted by Gasteiger charge is 2.10. The molecule has 1 saturated heterocycles. The zero-order valence-corrected chi connectivity index (χ0v) is 12.3. The molecule has 20 heavy (non-hydrogen) atoms. The molecule has 0 amide bonds. The lowest BCUT2D eigenvalue weighted by atomic mass is 10.3. The summed E-state index contributed by atoms with van der Waals surface area (Å²) in [7, 11) is 0. The average Bonchev–Trinajstić information content (AvgIpc) is 2.98. The summed E-state index contributed by atoms with van der Waals surface area (Å²) in [6.45, 7) is 8.07. The Hall–Kier alpha value is -1.26. The fraction of sp³-hybridized carbons (Fsp3) is 0.625. The molecule has 0 aromatic heterocycles. The van der Waals surface area contributed by atoms with Crippen molar-refractivity contribution in [3.8, 4) is 11.5 Å². The zero-order valence-electron chi connectivity index (χ0n) is 12.3. The summed E-state index contributed by atoms with van der Waals surface area (Å²) in [5.41, 5.74) is 0. The van der Waals surface area contributed by atoms with Crippen molar-refractivity contribution in [3.63, 3.8) is 0 Å². The highest BCUT2D eigenvalue weighted by atomic mass is 16.5. The lowest BCUT2D eigenvalue weighted by Gasteiger charge is -2.15. The molecule has 0 saturated carbocycles. The molecule has 4 heteroatoms. The summed E-state index contributed by atoms with van der Waals surface area (Å²) in [5, 5.41) is 0. The molecule has 1 aliphatic heterocycles. The smallest absolute Gasteiger partial charge is 0.161 e. The summed E-state index contributed by atoms with van der Waals surface area (Å²) in [4.78, 5) is 2.45. The Labute approximate surface area is 121 Å². The molecule has 0 radical (unpaired) electrons. The zero-order chi connectivity index (χ0) is 14.0. The van der Waals surface area contributed by atoms with Gasteiger partial charge in [-0.1, -0.05) is 12.1 Å². The van der Waals surface area contributed by atoms with E-state index in [1.165, 1.54) is 25.9 Å². The second kappa shape index (κ2) is 8.82. The minimum Gasteiger partial charge on any atom is -0.490 e. The van der Waals surface area contributed by atoms with Crippen LogP contribution < -0.4 is 9.47 Å². The Morgan fingerprint density at radius 2 is 1.65 bits per heavy atom. The van der Waals surface area contributed by atoms with Crippen molar-refractivity contribution in [1.29, 1.82) is 0 Å². The molecule has 0 aliphatic carbocycles. The monoisotopic (exact) mass is 279 g/mol. The maximum atomic E-state index is 5.70. The Balaban J connectivity index is 1.58. The molecule has 0 N–H and O–H groups in total. The predicted octanol–water partition coefficient (Wildman–Crippen LogP) is 2.58. The van der Waals surface area contributed by atoms with Crippen molar-refractivity contribution in [3.05, 3.63) is 24.3 Å². The Morgan fingerprint density at radius 3 is 2.35 bits per heavy atom. The van der Waals surface area contributed by atoms with E-state index in [9.17, 15) is 0 Å². The number of benzene rings is 1. The molecular formula is C16H25NO3. The molecule has 2 rings (SSSR count). The van der Waals surface area contributed by atoms with Gasteiger partial charge in [0.2, 0.25) is 0 Å². The molecule has 1 heterocycles. The van der Waals surface area contributed by atoms with Crippen LogP contribution in [0.25, 0.3) is 0 Å². The maximum Gasteiger partial charge on any atom is 0.161 e. The van der Waals surface area contributed by atoms with Crippen LogP contribution in [0, 0.1) is 0 Å². The van der Waals surface area contributed by atoms with Crippen molar-refractivity contribution >= 4 is 0 Å². The van der Waals surface area contributed by atoms with Gasteiger partial charge in [-0.25, -0.2) is 0 Å². The van der Waals surface area contributed by atoms with Crippen LogP contribution in [0.1, 0.15) is 19.8 Å². The van der Waals surface area contributed by atoms with E-state index in [1.54, 1.807) is 0 Å². The second-order valence-corrected chi connectivity index (χ2v) is 4.89. The van der Waals surface area contributed by atoms with Crippen LogP contribution in [-0.2, 0) is 4.74 Å². The Kier molecular flexibility index (Phi) is 6.68. The van der Waals surface area contributed by atoms with Gasteiger partial charge in [0.05, 0.1) is 19.8 Å². The molecule has 1 aromatic rings. The normalized spacial score (nSPS) is 15.4. The van der Waals surface area contributed by atoms with Crippen LogP contribution in [0.5, 0.6) is 11.5 Å². The molecule has 0 unspecified atom stereocenters. The minimum absolute atomic E-state index is 0.560. The molecule has 4 nitrogen and oxygen atoms in total. The lowest BCUT2D eigenvalue weighted by Crippen LogP contribution is -2.24. The second-order valence-electron chi connectivity index (χ2n) is 4.89. The Bertz CT molecular complexity index is 378. The van der Waals surface area contributed by atoms with Crippen LogP contribution in [0.4, 0.5) is 0 Å². The maximum absolute atomic E-state index is 5.70. The summed E-state index contributed by atoms with van der Waals surface area (Å²) in [6.07, 6.45) is 2.66. The third-order valence-electron chi connectivity index (χ3n) is 3.38. The summed E-state index contributed by atoms with van der Waals surface area (Å²) in [6, 6.07) is 7.75.